The van der Waals surface area contributed by atoms with E-state index in [1.165, 1.54) is 22.4 Å². The van der Waals surface area contributed by atoms with Gasteiger partial charge in [-0.2, -0.15) is 0 Å². The Balaban J connectivity index is 2.72. The average Bonchev–Trinajstić information content (AvgIpc) is 2.14. The van der Waals surface area contributed by atoms with Gasteiger partial charge in [0.1, 0.15) is 0 Å². The molecule has 1 atom stereocenters. The molecule has 0 saturated heterocycles. The molecule has 0 spiro atoms. The lowest BCUT2D eigenvalue weighted by Gasteiger charge is -2.24. The molecule has 2 heteroatoms. The lowest BCUT2D eigenvalue weighted by atomic mass is 10.0. The zero-order chi connectivity index (χ0) is 13.0. The van der Waals surface area contributed by atoms with E-state index < -0.39 is 0 Å². The van der Waals surface area contributed by atoms with Crippen LogP contribution in [-0.4, -0.2) is 19.6 Å². The second-order valence-electron chi connectivity index (χ2n) is 5.29. The molecule has 17 heavy (non-hydrogen) atoms. The van der Waals surface area contributed by atoms with Crippen LogP contribution in [0.15, 0.2) is 12.1 Å². The molecule has 1 aromatic carbocycles. The van der Waals surface area contributed by atoms with Crippen molar-refractivity contribution in [3.8, 4) is 0 Å². The van der Waals surface area contributed by atoms with Crippen LogP contribution in [-0.2, 0) is 0 Å². The summed E-state index contributed by atoms with van der Waals surface area (Å²) in [5.74, 6) is 0. The molecule has 0 fully saturated rings. The van der Waals surface area contributed by atoms with Crippen molar-refractivity contribution in [3.63, 3.8) is 0 Å². The molecular formula is C15H26N2. The number of rotatable bonds is 5. The van der Waals surface area contributed by atoms with Crippen LogP contribution in [0.2, 0.25) is 0 Å². The van der Waals surface area contributed by atoms with Gasteiger partial charge in [0.05, 0.1) is 0 Å². The number of hydrogen-bond donors (Lipinski definition) is 1. The molecule has 0 amide bonds. The van der Waals surface area contributed by atoms with Crippen molar-refractivity contribution in [2.75, 3.05) is 18.5 Å². The van der Waals surface area contributed by atoms with Gasteiger partial charge in [-0.3, -0.25) is 0 Å². The first-order valence-electron chi connectivity index (χ1n) is 6.46. The predicted octanol–water partition coefficient (Wildman–Crippen LogP) is 3.18. The first kappa shape index (κ1) is 14.0. The second kappa shape index (κ2) is 6.06. The topological polar surface area (TPSA) is 29.3 Å². The van der Waals surface area contributed by atoms with E-state index in [0.717, 1.165) is 19.4 Å². The van der Waals surface area contributed by atoms with E-state index in [1.807, 2.05) is 0 Å². The van der Waals surface area contributed by atoms with E-state index in [-0.39, 0.29) is 0 Å². The highest BCUT2D eigenvalue weighted by atomic mass is 15.1. The third-order valence-corrected chi connectivity index (χ3v) is 3.17. The van der Waals surface area contributed by atoms with Gasteiger partial charge in [-0.05, 0) is 51.7 Å². The Kier molecular flexibility index (Phi) is 5.01. The van der Waals surface area contributed by atoms with Crippen LogP contribution in [0.25, 0.3) is 0 Å². The lowest BCUT2D eigenvalue weighted by molar-refractivity contribution is 0.621. The molecule has 2 nitrogen and oxygen atoms in total. The summed E-state index contributed by atoms with van der Waals surface area (Å²) in [6.07, 6.45) is 2.25. The maximum absolute atomic E-state index is 5.78. The standard InChI is InChI=1S/C15H26N2/c1-11-9-12(2)15(13(3)10-11)17(5)8-6-7-14(4)16/h9-10,14H,6-8,16H2,1-5H3. The molecule has 2 N–H and O–H groups in total. The summed E-state index contributed by atoms with van der Waals surface area (Å²) in [4.78, 5) is 2.35. The molecule has 0 radical (unpaired) electrons. The number of nitrogens with two attached hydrogens (primary N) is 1. The summed E-state index contributed by atoms with van der Waals surface area (Å²) >= 11 is 0. The van der Waals surface area contributed by atoms with Crippen molar-refractivity contribution < 1.29 is 0 Å². The number of aryl methyl sites for hydroxylation is 3. The summed E-state index contributed by atoms with van der Waals surface area (Å²) in [6.45, 7) is 9.68. The SMILES string of the molecule is Cc1cc(C)c(N(C)CCCC(C)N)c(C)c1. The van der Waals surface area contributed by atoms with Crippen LogP contribution < -0.4 is 10.6 Å². The number of anilines is 1. The van der Waals surface area contributed by atoms with E-state index in [0.29, 0.717) is 6.04 Å². The highest BCUT2D eigenvalue weighted by Gasteiger charge is 2.08. The zero-order valence-electron chi connectivity index (χ0n) is 11.9. The fraction of sp³-hybridized carbons (Fsp3) is 0.600. The maximum Gasteiger partial charge on any atom is 0.0423 e. The Bertz CT molecular complexity index is 346. The van der Waals surface area contributed by atoms with Gasteiger partial charge in [0.25, 0.3) is 0 Å². The van der Waals surface area contributed by atoms with E-state index in [2.05, 4.69) is 51.8 Å². The molecule has 0 bridgehead atoms. The van der Waals surface area contributed by atoms with Crippen molar-refractivity contribution in [2.24, 2.45) is 5.73 Å². The second-order valence-corrected chi connectivity index (χ2v) is 5.29. The van der Waals surface area contributed by atoms with Crippen LogP contribution >= 0.6 is 0 Å². The number of nitrogens with zero attached hydrogens (tertiary/aromatic N) is 1. The fourth-order valence-electron chi connectivity index (χ4n) is 2.54. The molecular weight excluding hydrogens is 208 g/mol. The third-order valence-electron chi connectivity index (χ3n) is 3.17. The van der Waals surface area contributed by atoms with Crippen LogP contribution in [0, 0.1) is 20.8 Å². The number of benzene rings is 1. The summed E-state index contributed by atoms with van der Waals surface area (Å²) in [6, 6.07) is 4.82. The van der Waals surface area contributed by atoms with Gasteiger partial charge in [0, 0.05) is 25.3 Å². The molecule has 0 aliphatic carbocycles. The van der Waals surface area contributed by atoms with Crippen molar-refractivity contribution >= 4 is 5.69 Å². The minimum absolute atomic E-state index is 0.309. The zero-order valence-corrected chi connectivity index (χ0v) is 11.9. The lowest BCUT2D eigenvalue weighted by Crippen LogP contribution is -2.23. The van der Waals surface area contributed by atoms with E-state index in [9.17, 15) is 0 Å². The van der Waals surface area contributed by atoms with Crippen molar-refractivity contribution in [3.05, 3.63) is 28.8 Å². The molecule has 96 valence electrons. The van der Waals surface area contributed by atoms with Gasteiger partial charge in [0.2, 0.25) is 0 Å². The van der Waals surface area contributed by atoms with Crippen LogP contribution in [0.1, 0.15) is 36.5 Å². The van der Waals surface area contributed by atoms with Crippen LogP contribution in [0.5, 0.6) is 0 Å². The van der Waals surface area contributed by atoms with Crippen molar-refractivity contribution in [1.82, 2.24) is 0 Å². The Labute approximate surface area is 106 Å². The first-order chi connectivity index (χ1) is 7.91. The van der Waals surface area contributed by atoms with Crippen LogP contribution in [0.4, 0.5) is 5.69 Å². The minimum atomic E-state index is 0.309. The van der Waals surface area contributed by atoms with Gasteiger partial charge in [-0.15, -0.1) is 0 Å². The quantitative estimate of drug-likeness (QED) is 0.848. The van der Waals surface area contributed by atoms with Crippen LogP contribution in [0.3, 0.4) is 0 Å². The normalized spacial score (nSPS) is 12.6. The van der Waals surface area contributed by atoms with E-state index in [4.69, 9.17) is 5.73 Å². The Morgan fingerprint density at radius 2 is 1.71 bits per heavy atom. The van der Waals surface area contributed by atoms with Gasteiger partial charge in [-0.1, -0.05) is 17.7 Å². The molecule has 0 aliphatic rings. The number of hydrogen-bond acceptors (Lipinski definition) is 2. The van der Waals surface area contributed by atoms with E-state index in [1.54, 1.807) is 0 Å². The summed E-state index contributed by atoms with van der Waals surface area (Å²) < 4.78 is 0. The third kappa shape index (κ3) is 4.04. The molecule has 1 aromatic rings. The Morgan fingerprint density at radius 3 is 2.18 bits per heavy atom. The first-order valence-corrected chi connectivity index (χ1v) is 6.46. The fourth-order valence-corrected chi connectivity index (χ4v) is 2.54. The molecule has 0 aliphatic heterocycles. The minimum Gasteiger partial charge on any atom is -0.374 e. The highest BCUT2D eigenvalue weighted by Crippen LogP contribution is 2.25. The van der Waals surface area contributed by atoms with Gasteiger partial charge < -0.3 is 10.6 Å². The molecule has 0 saturated carbocycles. The summed E-state index contributed by atoms with van der Waals surface area (Å²) in [5.41, 5.74) is 11.2. The molecule has 0 heterocycles. The van der Waals surface area contributed by atoms with E-state index >= 15 is 0 Å². The van der Waals surface area contributed by atoms with Gasteiger partial charge >= 0.3 is 0 Å². The molecule has 1 rings (SSSR count). The largest absolute Gasteiger partial charge is 0.374 e. The average molecular weight is 234 g/mol. The van der Waals surface area contributed by atoms with Crippen molar-refractivity contribution in [1.29, 1.82) is 0 Å². The summed E-state index contributed by atoms with van der Waals surface area (Å²) in [5, 5.41) is 0. The molecule has 0 aromatic heterocycles. The molecule has 1 unspecified atom stereocenters. The van der Waals surface area contributed by atoms with Gasteiger partial charge in [-0.25, -0.2) is 0 Å². The monoisotopic (exact) mass is 234 g/mol. The van der Waals surface area contributed by atoms with Crippen molar-refractivity contribution in [2.45, 2.75) is 46.6 Å². The maximum atomic E-state index is 5.78. The van der Waals surface area contributed by atoms with Gasteiger partial charge in [0.15, 0.2) is 0 Å². The smallest absolute Gasteiger partial charge is 0.0423 e. The Morgan fingerprint density at radius 1 is 1.18 bits per heavy atom. The summed E-state index contributed by atoms with van der Waals surface area (Å²) in [7, 11) is 2.17. The Hall–Kier alpha value is -1.02. The highest BCUT2D eigenvalue weighted by molar-refractivity contribution is 5.59. The predicted molar refractivity (Wildman–Crippen MR) is 76.8 cm³/mol.